The van der Waals surface area contributed by atoms with Gasteiger partial charge in [0.2, 0.25) is 5.91 Å². The number of amides is 2. The van der Waals surface area contributed by atoms with E-state index < -0.39 is 0 Å². The number of piperidine rings is 2. The number of furan rings is 1. The van der Waals surface area contributed by atoms with E-state index in [1.54, 1.807) is 6.07 Å². The van der Waals surface area contributed by atoms with Crippen molar-refractivity contribution in [2.45, 2.75) is 45.1 Å². The zero-order chi connectivity index (χ0) is 17.6. The Kier molecular flexibility index (Phi) is 6.13. The summed E-state index contributed by atoms with van der Waals surface area (Å²) >= 11 is 0. The van der Waals surface area contributed by atoms with Gasteiger partial charge in [-0.1, -0.05) is 6.42 Å². The van der Waals surface area contributed by atoms with Crippen LogP contribution >= 0.6 is 0 Å². The minimum atomic E-state index is -0.00769. The van der Waals surface area contributed by atoms with E-state index in [0.29, 0.717) is 24.7 Å². The molecule has 2 aliphatic heterocycles. The molecule has 0 aliphatic carbocycles. The molecule has 6 nitrogen and oxygen atoms in total. The third-order valence-corrected chi connectivity index (χ3v) is 5.56. The molecule has 1 atom stereocenters. The molecule has 2 saturated heterocycles. The second-order valence-electron chi connectivity index (χ2n) is 7.25. The van der Waals surface area contributed by atoms with Gasteiger partial charge in [-0.05, 0) is 45.2 Å². The highest BCUT2D eigenvalue weighted by molar-refractivity contribution is 5.94. The Morgan fingerprint density at radius 3 is 2.68 bits per heavy atom. The highest BCUT2D eigenvalue weighted by atomic mass is 16.3. The van der Waals surface area contributed by atoms with Gasteiger partial charge in [-0.25, -0.2) is 0 Å². The fourth-order valence-corrected chi connectivity index (χ4v) is 3.87. The van der Waals surface area contributed by atoms with Crippen LogP contribution in [0.3, 0.4) is 0 Å². The maximum Gasteiger partial charge on any atom is 0.257 e. The van der Waals surface area contributed by atoms with Gasteiger partial charge in [0.25, 0.3) is 5.91 Å². The Morgan fingerprint density at radius 1 is 1.20 bits per heavy atom. The summed E-state index contributed by atoms with van der Waals surface area (Å²) < 4.78 is 4.97. The zero-order valence-corrected chi connectivity index (χ0v) is 15.1. The van der Waals surface area contributed by atoms with Crippen LogP contribution in [0.5, 0.6) is 0 Å². The lowest BCUT2D eigenvalue weighted by atomic mass is 9.95. The predicted molar refractivity (Wildman–Crippen MR) is 95.2 cm³/mol. The van der Waals surface area contributed by atoms with Crippen LogP contribution in [0.2, 0.25) is 0 Å². The molecule has 1 aromatic heterocycles. The van der Waals surface area contributed by atoms with Crippen molar-refractivity contribution >= 4 is 11.8 Å². The fourth-order valence-electron chi connectivity index (χ4n) is 3.87. The monoisotopic (exact) mass is 347 g/mol. The SMILES string of the molecule is CC1CCCCN1CCNC(=O)C1CCN(C(=O)c2ccoc2)CC1. The van der Waals surface area contributed by atoms with E-state index in [2.05, 4.69) is 17.1 Å². The molecule has 2 amide bonds. The predicted octanol–water partition coefficient (Wildman–Crippen LogP) is 2.12. The molecule has 1 unspecified atom stereocenters. The molecule has 0 spiro atoms. The molecule has 2 fully saturated rings. The van der Waals surface area contributed by atoms with E-state index in [-0.39, 0.29) is 17.7 Å². The van der Waals surface area contributed by atoms with Gasteiger partial charge in [-0.2, -0.15) is 0 Å². The lowest BCUT2D eigenvalue weighted by Crippen LogP contribution is -2.46. The number of likely N-dealkylation sites (tertiary alicyclic amines) is 2. The van der Waals surface area contributed by atoms with Crippen LogP contribution in [-0.4, -0.2) is 60.4 Å². The molecular formula is C19H29N3O3. The van der Waals surface area contributed by atoms with Crippen LogP contribution < -0.4 is 5.32 Å². The van der Waals surface area contributed by atoms with Crippen molar-refractivity contribution in [2.24, 2.45) is 5.92 Å². The van der Waals surface area contributed by atoms with Crippen LogP contribution in [0.15, 0.2) is 23.0 Å². The van der Waals surface area contributed by atoms with Gasteiger partial charge in [0, 0.05) is 38.1 Å². The highest BCUT2D eigenvalue weighted by Gasteiger charge is 2.28. The van der Waals surface area contributed by atoms with Gasteiger partial charge in [-0.3, -0.25) is 14.5 Å². The summed E-state index contributed by atoms with van der Waals surface area (Å²) in [6.07, 6.45) is 8.29. The van der Waals surface area contributed by atoms with Crippen LogP contribution in [0.25, 0.3) is 0 Å². The summed E-state index contributed by atoms with van der Waals surface area (Å²) in [6, 6.07) is 2.31. The number of hydrogen-bond donors (Lipinski definition) is 1. The third kappa shape index (κ3) is 4.63. The van der Waals surface area contributed by atoms with Crippen LogP contribution in [0.1, 0.15) is 49.4 Å². The molecule has 138 valence electrons. The first-order valence-corrected chi connectivity index (χ1v) is 9.48. The average Bonchev–Trinajstić information content (AvgIpc) is 3.17. The summed E-state index contributed by atoms with van der Waals surface area (Å²) in [5.41, 5.74) is 0.582. The topological polar surface area (TPSA) is 65.8 Å². The molecule has 2 aliphatic rings. The molecule has 0 radical (unpaired) electrons. The molecule has 0 saturated carbocycles. The molecule has 3 rings (SSSR count). The largest absolute Gasteiger partial charge is 0.472 e. The van der Waals surface area contributed by atoms with E-state index in [1.807, 2.05) is 4.90 Å². The Hall–Kier alpha value is -1.82. The molecule has 3 heterocycles. The molecule has 1 aromatic rings. The molecule has 1 N–H and O–H groups in total. The number of hydrogen-bond acceptors (Lipinski definition) is 4. The maximum atomic E-state index is 12.4. The van der Waals surface area contributed by atoms with Crippen molar-refractivity contribution in [1.82, 2.24) is 15.1 Å². The van der Waals surface area contributed by atoms with Crippen LogP contribution in [-0.2, 0) is 4.79 Å². The number of carbonyl (C=O) groups is 2. The lowest BCUT2D eigenvalue weighted by Gasteiger charge is -2.34. The summed E-state index contributed by atoms with van der Waals surface area (Å²) in [4.78, 5) is 28.9. The van der Waals surface area contributed by atoms with Gasteiger partial charge < -0.3 is 14.6 Å². The van der Waals surface area contributed by atoms with E-state index in [0.717, 1.165) is 32.5 Å². The fraction of sp³-hybridized carbons (Fsp3) is 0.684. The first-order valence-electron chi connectivity index (χ1n) is 9.48. The zero-order valence-electron chi connectivity index (χ0n) is 15.1. The molecule has 0 aromatic carbocycles. The van der Waals surface area contributed by atoms with Crippen molar-refractivity contribution in [3.8, 4) is 0 Å². The maximum absolute atomic E-state index is 12.4. The standard InChI is InChI=1S/C19H29N3O3/c1-15-4-2-3-9-21(15)12-8-20-18(23)16-5-10-22(11-6-16)19(24)17-7-13-25-14-17/h7,13-16H,2-6,8-12H2,1H3,(H,20,23). The van der Waals surface area contributed by atoms with Gasteiger partial charge >= 0.3 is 0 Å². The summed E-state index contributed by atoms with van der Waals surface area (Å²) in [5.74, 6) is 0.152. The van der Waals surface area contributed by atoms with Gasteiger partial charge in [-0.15, -0.1) is 0 Å². The van der Waals surface area contributed by atoms with E-state index in [4.69, 9.17) is 4.42 Å². The normalized spacial score (nSPS) is 22.8. The minimum Gasteiger partial charge on any atom is -0.472 e. The van der Waals surface area contributed by atoms with Gasteiger partial charge in [0.1, 0.15) is 6.26 Å². The summed E-state index contributed by atoms with van der Waals surface area (Å²) in [5, 5.41) is 3.09. The van der Waals surface area contributed by atoms with Crippen molar-refractivity contribution in [3.63, 3.8) is 0 Å². The molecule has 0 bridgehead atoms. The number of carbonyl (C=O) groups excluding carboxylic acids is 2. The summed E-state index contributed by atoms with van der Waals surface area (Å²) in [7, 11) is 0. The first-order chi connectivity index (χ1) is 12.1. The smallest absolute Gasteiger partial charge is 0.257 e. The Labute approximate surface area is 149 Å². The summed E-state index contributed by atoms with van der Waals surface area (Å²) in [6.45, 7) is 6.33. The number of nitrogens with zero attached hydrogens (tertiary/aromatic N) is 2. The van der Waals surface area contributed by atoms with Crippen molar-refractivity contribution in [1.29, 1.82) is 0 Å². The average molecular weight is 347 g/mol. The quantitative estimate of drug-likeness (QED) is 0.886. The van der Waals surface area contributed by atoms with Crippen molar-refractivity contribution in [3.05, 3.63) is 24.2 Å². The lowest BCUT2D eigenvalue weighted by molar-refractivity contribution is -0.126. The van der Waals surface area contributed by atoms with Crippen molar-refractivity contribution in [2.75, 3.05) is 32.7 Å². The minimum absolute atomic E-state index is 0.00769. The Balaban J connectivity index is 1.37. The van der Waals surface area contributed by atoms with Gasteiger partial charge in [0.05, 0.1) is 11.8 Å². The molecular weight excluding hydrogens is 318 g/mol. The number of nitrogens with one attached hydrogen (secondary N) is 1. The highest BCUT2D eigenvalue weighted by Crippen LogP contribution is 2.20. The Morgan fingerprint density at radius 2 is 2.00 bits per heavy atom. The third-order valence-electron chi connectivity index (χ3n) is 5.56. The second kappa shape index (κ2) is 8.52. The van der Waals surface area contributed by atoms with Gasteiger partial charge in [0.15, 0.2) is 0 Å². The molecule has 6 heteroatoms. The van der Waals surface area contributed by atoms with E-state index in [1.165, 1.54) is 31.8 Å². The van der Waals surface area contributed by atoms with E-state index >= 15 is 0 Å². The van der Waals surface area contributed by atoms with Crippen LogP contribution in [0, 0.1) is 5.92 Å². The van der Waals surface area contributed by atoms with Crippen molar-refractivity contribution < 1.29 is 14.0 Å². The molecule has 25 heavy (non-hydrogen) atoms. The second-order valence-corrected chi connectivity index (χ2v) is 7.25. The number of rotatable bonds is 5. The van der Waals surface area contributed by atoms with Crippen LogP contribution in [0.4, 0.5) is 0 Å². The van der Waals surface area contributed by atoms with E-state index in [9.17, 15) is 9.59 Å². The Bertz CT molecular complexity index is 564. The first kappa shape index (κ1) is 18.0.